The molecule has 0 spiro atoms. The SMILES string of the molecule is CN(C)CCN1C(=O)c2ccccc2C1=O.Cl. The van der Waals surface area contributed by atoms with Gasteiger partial charge in [-0.2, -0.15) is 0 Å². The van der Waals surface area contributed by atoms with Crippen molar-refractivity contribution in [1.29, 1.82) is 0 Å². The molecule has 0 N–H and O–H groups in total. The summed E-state index contributed by atoms with van der Waals surface area (Å²) in [7, 11) is 3.83. The number of amides is 2. The molecule has 0 bridgehead atoms. The Balaban J connectivity index is 0.00000144. The van der Waals surface area contributed by atoms with Gasteiger partial charge in [0.25, 0.3) is 11.8 Å². The van der Waals surface area contributed by atoms with Gasteiger partial charge in [0.2, 0.25) is 0 Å². The third-order valence-electron chi connectivity index (χ3n) is 2.65. The van der Waals surface area contributed by atoms with Crippen LogP contribution in [0, 0.1) is 0 Å². The van der Waals surface area contributed by atoms with Crippen LogP contribution in [0.3, 0.4) is 0 Å². The number of carbonyl (C=O) groups is 2. The highest BCUT2D eigenvalue weighted by molar-refractivity contribution is 6.21. The van der Waals surface area contributed by atoms with Crippen LogP contribution >= 0.6 is 12.4 Å². The largest absolute Gasteiger partial charge is 0.308 e. The molecule has 0 saturated carbocycles. The molecular weight excluding hydrogens is 240 g/mol. The molecule has 0 atom stereocenters. The third kappa shape index (κ3) is 2.48. The molecule has 4 nitrogen and oxygen atoms in total. The molecule has 0 aliphatic carbocycles. The highest BCUT2D eigenvalue weighted by Crippen LogP contribution is 2.21. The predicted octanol–water partition coefficient (Wildman–Crippen LogP) is 1.27. The van der Waals surface area contributed by atoms with E-state index in [1.807, 2.05) is 19.0 Å². The number of fused-ring (bicyclic) bond motifs is 1. The van der Waals surface area contributed by atoms with E-state index < -0.39 is 0 Å². The van der Waals surface area contributed by atoms with Crippen LogP contribution in [0.15, 0.2) is 24.3 Å². The summed E-state index contributed by atoms with van der Waals surface area (Å²) in [5, 5.41) is 0. The Morgan fingerprint density at radius 3 is 1.94 bits per heavy atom. The number of benzene rings is 1. The van der Waals surface area contributed by atoms with Gasteiger partial charge < -0.3 is 4.90 Å². The van der Waals surface area contributed by atoms with Crippen molar-refractivity contribution in [2.24, 2.45) is 0 Å². The smallest absolute Gasteiger partial charge is 0.261 e. The van der Waals surface area contributed by atoms with Crippen LogP contribution in [-0.2, 0) is 0 Å². The van der Waals surface area contributed by atoms with Gasteiger partial charge in [-0.3, -0.25) is 14.5 Å². The first-order valence-corrected chi connectivity index (χ1v) is 5.21. The number of carbonyl (C=O) groups excluding carboxylic acids is 2. The highest BCUT2D eigenvalue weighted by Gasteiger charge is 2.34. The Bertz CT molecular complexity index is 411. The Morgan fingerprint density at radius 1 is 1.06 bits per heavy atom. The summed E-state index contributed by atoms with van der Waals surface area (Å²) in [6, 6.07) is 6.95. The van der Waals surface area contributed by atoms with Crippen molar-refractivity contribution in [3.8, 4) is 0 Å². The maximum absolute atomic E-state index is 11.9. The van der Waals surface area contributed by atoms with Crippen LogP contribution in [0.5, 0.6) is 0 Å². The molecule has 92 valence electrons. The van der Waals surface area contributed by atoms with Crippen molar-refractivity contribution in [1.82, 2.24) is 9.80 Å². The van der Waals surface area contributed by atoms with E-state index in [-0.39, 0.29) is 24.2 Å². The second-order valence-corrected chi connectivity index (χ2v) is 4.11. The Kier molecular flexibility index (Phi) is 4.26. The van der Waals surface area contributed by atoms with Crippen molar-refractivity contribution in [3.63, 3.8) is 0 Å². The monoisotopic (exact) mass is 254 g/mol. The van der Waals surface area contributed by atoms with E-state index in [4.69, 9.17) is 0 Å². The molecule has 1 aliphatic rings. The zero-order valence-corrected chi connectivity index (χ0v) is 10.7. The van der Waals surface area contributed by atoms with Gasteiger partial charge in [-0.25, -0.2) is 0 Å². The van der Waals surface area contributed by atoms with Gasteiger partial charge in [0.15, 0.2) is 0 Å². The molecule has 1 aliphatic heterocycles. The fourth-order valence-electron chi connectivity index (χ4n) is 1.74. The summed E-state index contributed by atoms with van der Waals surface area (Å²) < 4.78 is 0. The van der Waals surface area contributed by atoms with Crippen molar-refractivity contribution < 1.29 is 9.59 Å². The lowest BCUT2D eigenvalue weighted by Crippen LogP contribution is -2.35. The average Bonchev–Trinajstić information content (AvgIpc) is 2.50. The quantitative estimate of drug-likeness (QED) is 0.763. The van der Waals surface area contributed by atoms with Crippen LogP contribution < -0.4 is 0 Å². The lowest BCUT2D eigenvalue weighted by atomic mass is 10.1. The van der Waals surface area contributed by atoms with Crippen molar-refractivity contribution >= 4 is 24.2 Å². The van der Waals surface area contributed by atoms with Crippen LogP contribution in [-0.4, -0.2) is 48.8 Å². The Labute approximate surface area is 107 Å². The summed E-state index contributed by atoms with van der Waals surface area (Å²) in [5.74, 6) is -0.357. The summed E-state index contributed by atoms with van der Waals surface area (Å²) in [5.41, 5.74) is 1.04. The van der Waals surface area contributed by atoms with Gasteiger partial charge in [-0.1, -0.05) is 12.1 Å². The third-order valence-corrected chi connectivity index (χ3v) is 2.65. The second-order valence-electron chi connectivity index (χ2n) is 4.11. The standard InChI is InChI=1S/C12H14N2O2.ClH/c1-13(2)7-8-14-11(15)9-5-3-4-6-10(9)12(14)16;/h3-6H,7-8H2,1-2H3;1H. The van der Waals surface area contributed by atoms with Crippen molar-refractivity contribution in [2.75, 3.05) is 27.2 Å². The van der Waals surface area contributed by atoms with E-state index in [0.717, 1.165) is 0 Å². The van der Waals surface area contributed by atoms with Gasteiger partial charge in [0.1, 0.15) is 0 Å². The van der Waals surface area contributed by atoms with Gasteiger partial charge >= 0.3 is 0 Å². The Hall–Kier alpha value is -1.39. The first-order valence-electron chi connectivity index (χ1n) is 5.21. The minimum absolute atomic E-state index is 0. The van der Waals surface area contributed by atoms with E-state index in [1.165, 1.54) is 4.90 Å². The Morgan fingerprint density at radius 2 is 1.53 bits per heavy atom. The van der Waals surface area contributed by atoms with Crippen LogP contribution in [0.2, 0.25) is 0 Å². The first kappa shape index (κ1) is 13.7. The second kappa shape index (κ2) is 5.29. The molecule has 0 aromatic heterocycles. The van der Waals surface area contributed by atoms with E-state index in [2.05, 4.69) is 0 Å². The van der Waals surface area contributed by atoms with E-state index in [1.54, 1.807) is 24.3 Å². The van der Waals surface area contributed by atoms with Crippen LogP contribution in [0.25, 0.3) is 0 Å². The number of imide groups is 1. The van der Waals surface area contributed by atoms with Gasteiger partial charge in [0, 0.05) is 13.1 Å². The van der Waals surface area contributed by atoms with Crippen molar-refractivity contribution in [2.45, 2.75) is 0 Å². The van der Waals surface area contributed by atoms with Crippen LogP contribution in [0.4, 0.5) is 0 Å². The lowest BCUT2D eigenvalue weighted by molar-refractivity contribution is 0.0645. The molecule has 2 amide bonds. The van der Waals surface area contributed by atoms with Gasteiger partial charge in [0.05, 0.1) is 11.1 Å². The number of nitrogens with zero attached hydrogens (tertiary/aromatic N) is 2. The molecule has 17 heavy (non-hydrogen) atoms. The molecular formula is C12H15ClN2O2. The molecule has 1 aromatic carbocycles. The molecule has 0 unspecified atom stereocenters. The summed E-state index contributed by atoms with van der Waals surface area (Å²) in [4.78, 5) is 27.1. The molecule has 2 rings (SSSR count). The zero-order chi connectivity index (χ0) is 11.7. The van der Waals surface area contributed by atoms with E-state index in [9.17, 15) is 9.59 Å². The number of hydrogen-bond donors (Lipinski definition) is 0. The first-order chi connectivity index (χ1) is 7.61. The molecule has 1 heterocycles. The minimum Gasteiger partial charge on any atom is -0.308 e. The highest BCUT2D eigenvalue weighted by atomic mass is 35.5. The normalized spacial score (nSPS) is 13.9. The molecule has 0 radical (unpaired) electrons. The van der Waals surface area contributed by atoms with Gasteiger partial charge in [-0.15, -0.1) is 12.4 Å². The number of rotatable bonds is 3. The topological polar surface area (TPSA) is 40.6 Å². The van der Waals surface area contributed by atoms with Crippen molar-refractivity contribution in [3.05, 3.63) is 35.4 Å². The lowest BCUT2D eigenvalue weighted by Gasteiger charge is -2.16. The number of likely N-dealkylation sites (N-methyl/N-ethyl adjacent to an activating group) is 1. The molecule has 1 aromatic rings. The molecule has 5 heteroatoms. The fourth-order valence-corrected chi connectivity index (χ4v) is 1.74. The predicted molar refractivity (Wildman–Crippen MR) is 67.6 cm³/mol. The fraction of sp³-hybridized carbons (Fsp3) is 0.333. The maximum atomic E-state index is 11.9. The van der Waals surface area contributed by atoms with Crippen LogP contribution in [0.1, 0.15) is 20.7 Å². The molecule has 0 fully saturated rings. The van der Waals surface area contributed by atoms with Gasteiger partial charge in [-0.05, 0) is 26.2 Å². The summed E-state index contributed by atoms with van der Waals surface area (Å²) in [6.07, 6.45) is 0. The van der Waals surface area contributed by atoms with E-state index in [0.29, 0.717) is 24.2 Å². The zero-order valence-electron chi connectivity index (χ0n) is 9.84. The minimum atomic E-state index is -0.178. The maximum Gasteiger partial charge on any atom is 0.261 e. The summed E-state index contributed by atoms with van der Waals surface area (Å²) in [6.45, 7) is 1.13. The van der Waals surface area contributed by atoms with E-state index >= 15 is 0 Å². The molecule has 0 saturated heterocycles. The summed E-state index contributed by atoms with van der Waals surface area (Å²) >= 11 is 0. The number of halogens is 1. The average molecular weight is 255 g/mol. The number of hydrogen-bond acceptors (Lipinski definition) is 3.